The fraction of sp³-hybridized carbons (Fsp3) is 0.385. The monoisotopic (exact) mass is 273 g/mol. The Morgan fingerprint density at radius 1 is 1.55 bits per heavy atom. The third-order valence-electron chi connectivity index (χ3n) is 3.54. The van der Waals surface area contributed by atoms with Crippen LogP contribution in [0.2, 0.25) is 0 Å². The molecule has 2 aromatic rings. The van der Waals surface area contributed by atoms with Gasteiger partial charge in [0.2, 0.25) is 0 Å². The minimum Gasteiger partial charge on any atom is -0.397 e. The van der Waals surface area contributed by atoms with Crippen molar-refractivity contribution in [1.82, 2.24) is 19.6 Å². The molecule has 7 heteroatoms. The molecular formula is C13H19N7. The van der Waals surface area contributed by atoms with Gasteiger partial charge in [-0.2, -0.15) is 5.10 Å². The molecule has 1 fully saturated rings. The maximum absolute atomic E-state index is 6.16. The zero-order chi connectivity index (χ0) is 14.3. The predicted molar refractivity (Wildman–Crippen MR) is 77.9 cm³/mol. The number of aryl methyl sites for hydroxylation is 1. The van der Waals surface area contributed by atoms with E-state index in [0.29, 0.717) is 17.4 Å². The van der Waals surface area contributed by atoms with Crippen LogP contribution in [-0.2, 0) is 0 Å². The molecule has 0 amide bonds. The van der Waals surface area contributed by atoms with E-state index < -0.39 is 0 Å². The van der Waals surface area contributed by atoms with Crippen LogP contribution in [0, 0.1) is 12.8 Å². The molecule has 2 aromatic heterocycles. The standard InChI is InChI=1S/C13H19N7/c1-8-4-10(12-13(15)17-7-18-20(8)12)11(14)6-19(16)5-9-2-3-9/h4,6-7,9H,2-3,5,14,16H2,1H3,(H2,15,17,18)/b11-6-. The average Bonchev–Trinajstić information content (AvgIpc) is 3.12. The summed E-state index contributed by atoms with van der Waals surface area (Å²) in [5.74, 6) is 7.06. The Hall–Kier alpha value is -2.28. The van der Waals surface area contributed by atoms with Crippen LogP contribution in [0.1, 0.15) is 24.1 Å². The Bertz CT molecular complexity index is 669. The van der Waals surface area contributed by atoms with E-state index in [-0.39, 0.29) is 0 Å². The highest BCUT2D eigenvalue weighted by molar-refractivity contribution is 5.84. The van der Waals surface area contributed by atoms with E-state index in [4.69, 9.17) is 17.3 Å². The van der Waals surface area contributed by atoms with Crippen molar-refractivity contribution in [3.8, 4) is 0 Å². The lowest BCUT2D eigenvalue weighted by Gasteiger charge is -2.14. The Morgan fingerprint density at radius 3 is 3.00 bits per heavy atom. The molecule has 0 spiro atoms. The van der Waals surface area contributed by atoms with Gasteiger partial charge in [0.25, 0.3) is 0 Å². The van der Waals surface area contributed by atoms with Gasteiger partial charge in [-0.15, -0.1) is 0 Å². The molecule has 3 rings (SSSR count). The number of fused-ring (bicyclic) bond motifs is 1. The Kier molecular flexibility index (Phi) is 2.98. The quantitative estimate of drug-likeness (QED) is 0.551. The Morgan fingerprint density at radius 2 is 2.30 bits per heavy atom. The van der Waals surface area contributed by atoms with E-state index in [9.17, 15) is 0 Å². The van der Waals surface area contributed by atoms with Gasteiger partial charge in [-0.1, -0.05) is 0 Å². The van der Waals surface area contributed by atoms with Gasteiger partial charge in [0.15, 0.2) is 5.82 Å². The molecule has 0 radical (unpaired) electrons. The van der Waals surface area contributed by atoms with Crippen LogP contribution in [0.4, 0.5) is 5.82 Å². The first kappa shape index (κ1) is 12.7. The molecule has 7 nitrogen and oxygen atoms in total. The maximum atomic E-state index is 6.16. The van der Waals surface area contributed by atoms with Crippen LogP contribution in [0.5, 0.6) is 0 Å². The number of nitrogens with two attached hydrogens (primary N) is 3. The van der Waals surface area contributed by atoms with Gasteiger partial charge >= 0.3 is 0 Å². The van der Waals surface area contributed by atoms with Crippen molar-refractivity contribution in [2.24, 2.45) is 17.5 Å². The fourth-order valence-electron chi connectivity index (χ4n) is 2.34. The van der Waals surface area contributed by atoms with Gasteiger partial charge in [-0.05, 0) is 31.7 Å². The van der Waals surface area contributed by atoms with Gasteiger partial charge in [-0.25, -0.2) is 15.3 Å². The first-order valence-electron chi connectivity index (χ1n) is 6.64. The summed E-state index contributed by atoms with van der Waals surface area (Å²) in [6.45, 7) is 2.78. The third kappa shape index (κ3) is 2.27. The van der Waals surface area contributed by atoms with E-state index in [0.717, 1.165) is 23.3 Å². The van der Waals surface area contributed by atoms with Crippen molar-refractivity contribution < 1.29 is 0 Å². The van der Waals surface area contributed by atoms with Crippen LogP contribution >= 0.6 is 0 Å². The molecule has 6 N–H and O–H groups in total. The summed E-state index contributed by atoms with van der Waals surface area (Å²) >= 11 is 0. The second-order valence-corrected chi connectivity index (χ2v) is 5.33. The second-order valence-electron chi connectivity index (χ2n) is 5.33. The van der Waals surface area contributed by atoms with E-state index in [1.54, 1.807) is 15.7 Å². The summed E-state index contributed by atoms with van der Waals surface area (Å²) in [5, 5.41) is 5.82. The molecular weight excluding hydrogens is 254 g/mol. The number of aromatic nitrogens is 3. The Labute approximate surface area is 117 Å². The number of hydrogen-bond donors (Lipinski definition) is 3. The predicted octanol–water partition coefficient (Wildman–Crippen LogP) is 0.463. The molecule has 1 aliphatic rings. The molecule has 2 heterocycles. The SMILES string of the molecule is Cc1cc(/C(N)=C/N(N)CC2CC2)c2c(N)ncnn12. The summed E-state index contributed by atoms with van der Waals surface area (Å²) in [4.78, 5) is 4.02. The van der Waals surface area contributed by atoms with E-state index in [1.165, 1.54) is 19.2 Å². The summed E-state index contributed by atoms with van der Waals surface area (Å²) in [6.07, 6.45) is 5.67. The topological polar surface area (TPSA) is 111 Å². The highest BCUT2D eigenvalue weighted by Crippen LogP contribution is 2.29. The molecule has 106 valence electrons. The molecule has 0 aliphatic heterocycles. The number of hydrogen-bond acceptors (Lipinski definition) is 6. The minimum absolute atomic E-state index is 0.408. The van der Waals surface area contributed by atoms with Crippen LogP contribution in [0.25, 0.3) is 11.2 Å². The van der Waals surface area contributed by atoms with Crippen molar-refractivity contribution in [3.05, 3.63) is 29.9 Å². The van der Waals surface area contributed by atoms with E-state index >= 15 is 0 Å². The second kappa shape index (κ2) is 4.68. The lowest BCUT2D eigenvalue weighted by molar-refractivity contribution is 0.376. The first-order chi connectivity index (χ1) is 9.56. The molecule has 1 saturated carbocycles. The van der Waals surface area contributed by atoms with Gasteiger partial charge < -0.3 is 16.5 Å². The number of rotatable bonds is 4. The lowest BCUT2D eigenvalue weighted by atomic mass is 10.2. The van der Waals surface area contributed by atoms with Crippen LogP contribution in [-0.4, -0.2) is 26.2 Å². The molecule has 1 aliphatic carbocycles. The fourth-order valence-corrected chi connectivity index (χ4v) is 2.34. The van der Waals surface area contributed by atoms with Gasteiger partial charge in [0, 0.05) is 24.0 Å². The van der Waals surface area contributed by atoms with E-state index in [1.807, 2.05) is 13.0 Å². The highest BCUT2D eigenvalue weighted by atomic mass is 15.4. The first-order valence-corrected chi connectivity index (χ1v) is 6.64. The minimum atomic E-state index is 0.408. The molecule has 0 aromatic carbocycles. The molecule has 20 heavy (non-hydrogen) atoms. The van der Waals surface area contributed by atoms with Crippen molar-refractivity contribution in [1.29, 1.82) is 0 Å². The van der Waals surface area contributed by atoms with Gasteiger partial charge in [0.05, 0.1) is 5.70 Å². The van der Waals surface area contributed by atoms with Gasteiger partial charge in [0.1, 0.15) is 11.8 Å². The lowest BCUT2D eigenvalue weighted by Crippen LogP contribution is -2.28. The van der Waals surface area contributed by atoms with Gasteiger partial charge in [-0.3, -0.25) is 0 Å². The molecule has 0 bridgehead atoms. The molecule has 0 atom stereocenters. The van der Waals surface area contributed by atoms with Crippen molar-refractivity contribution in [2.45, 2.75) is 19.8 Å². The summed E-state index contributed by atoms with van der Waals surface area (Å²) < 4.78 is 1.74. The third-order valence-corrected chi connectivity index (χ3v) is 3.54. The molecule has 0 unspecified atom stereocenters. The summed E-state index contributed by atoms with van der Waals surface area (Å²) in [7, 11) is 0. The van der Waals surface area contributed by atoms with Crippen LogP contribution in [0.15, 0.2) is 18.6 Å². The summed E-state index contributed by atoms with van der Waals surface area (Å²) in [6, 6.07) is 1.94. The normalized spacial score (nSPS) is 15.8. The van der Waals surface area contributed by atoms with Crippen LogP contribution < -0.4 is 17.3 Å². The Balaban J connectivity index is 1.98. The largest absolute Gasteiger partial charge is 0.397 e. The van der Waals surface area contributed by atoms with Crippen LogP contribution in [0.3, 0.4) is 0 Å². The maximum Gasteiger partial charge on any atom is 0.152 e. The smallest absolute Gasteiger partial charge is 0.152 e. The van der Waals surface area contributed by atoms with Crippen molar-refractivity contribution in [2.75, 3.05) is 12.3 Å². The van der Waals surface area contributed by atoms with Crippen molar-refractivity contribution >= 4 is 17.0 Å². The number of hydrazine groups is 1. The van der Waals surface area contributed by atoms with Crippen molar-refractivity contribution in [3.63, 3.8) is 0 Å². The average molecular weight is 273 g/mol. The summed E-state index contributed by atoms with van der Waals surface area (Å²) in [5.41, 5.74) is 15.1. The zero-order valence-electron chi connectivity index (χ0n) is 11.5. The highest BCUT2D eigenvalue weighted by Gasteiger charge is 2.22. The number of nitrogens with zero attached hydrogens (tertiary/aromatic N) is 4. The zero-order valence-corrected chi connectivity index (χ0v) is 11.5. The number of nitrogen functional groups attached to an aromatic ring is 1. The number of anilines is 1. The van der Waals surface area contributed by atoms with E-state index in [2.05, 4.69) is 10.1 Å². The molecule has 0 saturated heterocycles.